The number of carbonyl (C=O) groups is 1. The van der Waals surface area contributed by atoms with Crippen LogP contribution in [0.4, 0.5) is 0 Å². The SMILES string of the molecule is COC[C@@H](N=C(c1ccccc1)N1C=CC(=O)C[C@H]1CCCCCCO[Si](C)(C)C(C)(C)C)C(C)C. The summed E-state index contributed by atoms with van der Waals surface area (Å²) in [7, 11) is 0.0652. The van der Waals surface area contributed by atoms with Crippen molar-refractivity contribution in [3.05, 3.63) is 48.2 Å². The van der Waals surface area contributed by atoms with Gasteiger partial charge in [-0.15, -0.1) is 0 Å². The predicted molar refractivity (Wildman–Crippen MR) is 154 cm³/mol. The number of rotatable bonds is 13. The van der Waals surface area contributed by atoms with Crippen LogP contribution >= 0.6 is 0 Å². The topological polar surface area (TPSA) is 51.1 Å². The maximum Gasteiger partial charge on any atom is 0.191 e. The van der Waals surface area contributed by atoms with Gasteiger partial charge in [-0.25, -0.2) is 0 Å². The Hall–Kier alpha value is -1.76. The van der Waals surface area contributed by atoms with Crippen LogP contribution in [0.1, 0.15) is 78.7 Å². The number of ether oxygens (including phenoxy) is 1. The lowest BCUT2D eigenvalue weighted by Crippen LogP contribution is -2.41. The van der Waals surface area contributed by atoms with E-state index in [0.717, 1.165) is 50.1 Å². The Kier molecular flexibility index (Phi) is 12.1. The number of benzene rings is 1. The molecule has 6 heteroatoms. The Morgan fingerprint density at radius 3 is 2.39 bits per heavy atom. The van der Waals surface area contributed by atoms with Crippen LogP contribution in [0.5, 0.6) is 0 Å². The Morgan fingerprint density at radius 2 is 1.78 bits per heavy atom. The maximum absolute atomic E-state index is 12.4. The third-order valence-electron chi connectivity index (χ3n) is 7.62. The number of nitrogens with zero attached hydrogens (tertiary/aromatic N) is 2. The van der Waals surface area contributed by atoms with Crippen LogP contribution in [0.2, 0.25) is 18.1 Å². The number of methoxy groups -OCH3 is 1. The van der Waals surface area contributed by atoms with E-state index in [1.807, 2.05) is 24.4 Å². The molecule has 0 fully saturated rings. The molecule has 0 N–H and O–H groups in total. The summed E-state index contributed by atoms with van der Waals surface area (Å²) in [6, 6.07) is 10.5. The first-order valence-electron chi connectivity index (χ1n) is 13.7. The quantitative estimate of drug-likeness (QED) is 0.121. The average Bonchev–Trinajstić information content (AvgIpc) is 2.81. The molecule has 0 amide bonds. The molecule has 0 aliphatic carbocycles. The first-order chi connectivity index (χ1) is 17.0. The smallest absolute Gasteiger partial charge is 0.191 e. The molecule has 1 heterocycles. The Labute approximate surface area is 221 Å². The molecule has 2 rings (SSSR count). The van der Waals surface area contributed by atoms with Gasteiger partial charge in [-0.1, -0.05) is 84.2 Å². The molecule has 0 saturated carbocycles. The van der Waals surface area contributed by atoms with Gasteiger partial charge in [-0.2, -0.15) is 0 Å². The molecule has 0 radical (unpaired) electrons. The zero-order valence-electron chi connectivity index (χ0n) is 24.0. The van der Waals surface area contributed by atoms with E-state index < -0.39 is 8.32 Å². The number of amidine groups is 1. The van der Waals surface area contributed by atoms with Gasteiger partial charge in [-0.3, -0.25) is 9.79 Å². The van der Waals surface area contributed by atoms with Crippen molar-refractivity contribution in [2.75, 3.05) is 20.3 Å². The van der Waals surface area contributed by atoms with Gasteiger partial charge in [0.15, 0.2) is 14.1 Å². The van der Waals surface area contributed by atoms with E-state index in [9.17, 15) is 4.79 Å². The van der Waals surface area contributed by atoms with E-state index >= 15 is 0 Å². The monoisotopic (exact) mass is 514 g/mol. The van der Waals surface area contributed by atoms with E-state index in [1.54, 1.807) is 13.2 Å². The second kappa shape index (κ2) is 14.2. The number of hydrogen-bond donors (Lipinski definition) is 0. The fourth-order valence-corrected chi connectivity index (χ4v) is 5.22. The van der Waals surface area contributed by atoms with Crippen molar-refractivity contribution in [3.63, 3.8) is 0 Å². The first-order valence-corrected chi connectivity index (χ1v) is 16.6. The fraction of sp³-hybridized carbons (Fsp3) is 0.667. The number of aliphatic imine (C=N–C) groups is 1. The lowest BCUT2D eigenvalue weighted by Gasteiger charge is -2.36. The largest absolute Gasteiger partial charge is 0.417 e. The van der Waals surface area contributed by atoms with E-state index in [4.69, 9.17) is 14.2 Å². The minimum Gasteiger partial charge on any atom is -0.417 e. The zero-order valence-corrected chi connectivity index (χ0v) is 25.0. The van der Waals surface area contributed by atoms with Crippen molar-refractivity contribution >= 4 is 19.9 Å². The summed E-state index contributed by atoms with van der Waals surface area (Å²) in [6.07, 6.45) is 9.66. The lowest BCUT2D eigenvalue weighted by molar-refractivity contribution is -0.116. The van der Waals surface area contributed by atoms with E-state index in [0.29, 0.717) is 18.9 Å². The van der Waals surface area contributed by atoms with E-state index in [-0.39, 0.29) is 22.9 Å². The van der Waals surface area contributed by atoms with Gasteiger partial charge in [0.2, 0.25) is 0 Å². The van der Waals surface area contributed by atoms with Crippen LogP contribution in [-0.4, -0.2) is 57.2 Å². The van der Waals surface area contributed by atoms with Gasteiger partial charge < -0.3 is 14.1 Å². The Balaban J connectivity index is 2.05. The summed E-state index contributed by atoms with van der Waals surface area (Å²) in [5.74, 6) is 1.48. The van der Waals surface area contributed by atoms with Crippen LogP contribution in [0.3, 0.4) is 0 Å². The van der Waals surface area contributed by atoms with Crippen molar-refractivity contribution in [1.82, 2.24) is 4.90 Å². The highest BCUT2D eigenvalue weighted by Gasteiger charge is 2.36. The molecule has 1 aliphatic rings. The van der Waals surface area contributed by atoms with E-state index in [1.165, 1.54) is 0 Å². The summed E-state index contributed by atoms with van der Waals surface area (Å²) in [5.41, 5.74) is 1.08. The zero-order chi connectivity index (χ0) is 26.8. The van der Waals surface area contributed by atoms with Gasteiger partial charge in [0, 0.05) is 37.9 Å². The number of ketones is 1. The number of allylic oxidation sites excluding steroid dienone is 1. The lowest BCUT2D eigenvalue weighted by atomic mass is 9.97. The van der Waals surface area contributed by atoms with Crippen molar-refractivity contribution in [1.29, 1.82) is 0 Å². The molecular formula is C30H50N2O3Si. The number of hydrogen-bond acceptors (Lipinski definition) is 4. The summed E-state index contributed by atoms with van der Waals surface area (Å²) >= 11 is 0. The summed E-state index contributed by atoms with van der Waals surface area (Å²) in [6.45, 7) is 17.3. The molecule has 36 heavy (non-hydrogen) atoms. The Morgan fingerprint density at radius 1 is 1.11 bits per heavy atom. The maximum atomic E-state index is 12.4. The second-order valence-corrected chi connectivity index (χ2v) is 16.8. The first kappa shape index (κ1) is 30.5. The second-order valence-electron chi connectivity index (χ2n) is 11.9. The molecular weight excluding hydrogens is 464 g/mol. The van der Waals surface area contributed by atoms with Gasteiger partial charge in [0.05, 0.1) is 12.6 Å². The third-order valence-corrected chi connectivity index (χ3v) is 12.2. The van der Waals surface area contributed by atoms with E-state index in [2.05, 4.69) is 64.7 Å². The average molecular weight is 515 g/mol. The molecule has 5 nitrogen and oxygen atoms in total. The third kappa shape index (κ3) is 9.27. The summed E-state index contributed by atoms with van der Waals surface area (Å²) in [4.78, 5) is 19.8. The Bertz CT molecular complexity index is 859. The van der Waals surface area contributed by atoms with Gasteiger partial charge in [-0.05, 0) is 43.0 Å². The molecule has 0 spiro atoms. The standard InChI is InChI=1S/C30H50N2O3Si/c1-24(2)28(23-34-6)31-29(25-16-12-11-13-17-25)32-20-19-27(33)22-26(32)18-14-9-10-15-21-35-36(7,8)30(3,4)5/h11-13,16-17,19-20,24,26,28H,9-10,14-15,18,21-23H2,1-8H3/t26-,28-/m1/s1. The predicted octanol–water partition coefficient (Wildman–Crippen LogP) is 7.23. The summed E-state index contributed by atoms with van der Waals surface area (Å²) in [5, 5.41) is 0.257. The van der Waals surface area contributed by atoms with Crippen LogP contribution < -0.4 is 0 Å². The normalized spacial score (nSPS) is 18.2. The fourth-order valence-electron chi connectivity index (χ4n) is 4.13. The van der Waals surface area contributed by atoms with Crippen LogP contribution in [0.25, 0.3) is 0 Å². The van der Waals surface area contributed by atoms with Crippen molar-refractivity contribution < 1.29 is 14.0 Å². The molecule has 202 valence electrons. The highest BCUT2D eigenvalue weighted by atomic mass is 28.4. The van der Waals surface area contributed by atoms with Gasteiger partial charge in [0.1, 0.15) is 5.84 Å². The molecule has 0 saturated heterocycles. The van der Waals surface area contributed by atoms with Gasteiger partial charge in [0.25, 0.3) is 0 Å². The highest BCUT2D eigenvalue weighted by Crippen LogP contribution is 2.36. The van der Waals surface area contributed by atoms with Crippen molar-refractivity contribution in [2.24, 2.45) is 10.9 Å². The number of carbonyl (C=O) groups excluding carboxylic acids is 1. The number of unbranched alkanes of at least 4 members (excludes halogenated alkanes) is 3. The van der Waals surface area contributed by atoms with Crippen LogP contribution in [0.15, 0.2) is 47.6 Å². The van der Waals surface area contributed by atoms with Crippen molar-refractivity contribution in [3.8, 4) is 0 Å². The minimum absolute atomic E-state index is 0.0535. The molecule has 0 bridgehead atoms. The van der Waals surface area contributed by atoms with Crippen LogP contribution in [0, 0.1) is 5.92 Å². The molecule has 1 aliphatic heterocycles. The molecule has 1 aromatic rings. The van der Waals surface area contributed by atoms with Crippen molar-refractivity contribution in [2.45, 2.75) is 103 Å². The van der Waals surface area contributed by atoms with Crippen LogP contribution in [-0.2, 0) is 14.0 Å². The molecule has 0 unspecified atom stereocenters. The summed E-state index contributed by atoms with van der Waals surface area (Å²) < 4.78 is 11.8. The van der Waals surface area contributed by atoms with Gasteiger partial charge >= 0.3 is 0 Å². The molecule has 0 aromatic heterocycles. The molecule has 2 atom stereocenters. The highest BCUT2D eigenvalue weighted by molar-refractivity contribution is 6.74. The minimum atomic E-state index is -1.66. The molecule has 1 aromatic carbocycles.